The van der Waals surface area contributed by atoms with Crippen molar-refractivity contribution >= 4 is 22.8 Å². The first kappa shape index (κ1) is 16.6. The number of fused-ring (bicyclic) bond motifs is 1. The molecule has 3 aromatic rings. The number of ether oxygens (including phenoxy) is 1. The van der Waals surface area contributed by atoms with Gasteiger partial charge >= 0.3 is 11.8 Å². The molecular formula is C18H19N3O4. The van der Waals surface area contributed by atoms with Crippen molar-refractivity contribution in [2.24, 2.45) is 7.05 Å². The molecule has 0 saturated heterocycles. The van der Waals surface area contributed by atoms with Gasteiger partial charge in [-0.15, -0.1) is 0 Å². The van der Waals surface area contributed by atoms with Crippen molar-refractivity contribution in [1.29, 1.82) is 0 Å². The molecule has 3 rings (SSSR count). The average molecular weight is 341 g/mol. The van der Waals surface area contributed by atoms with E-state index in [2.05, 4.69) is 10.6 Å². The van der Waals surface area contributed by atoms with Crippen LogP contribution in [0.1, 0.15) is 5.56 Å². The molecule has 0 fully saturated rings. The minimum atomic E-state index is -0.437. The lowest BCUT2D eigenvalue weighted by Crippen LogP contribution is -2.30. The van der Waals surface area contributed by atoms with Crippen LogP contribution in [0.5, 0.6) is 5.75 Å². The van der Waals surface area contributed by atoms with Gasteiger partial charge in [-0.25, -0.2) is 9.59 Å². The number of amides is 2. The van der Waals surface area contributed by atoms with Crippen LogP contribution in [-0.4, -0.2) is 24.3 Å². The monoisotopic (exact) mass is 341 g/mol. The highest BCUT2D eigenvalue weighted by Crippen LogP contribution is 2.18. The Morgan fingerprint density at radius 1 is 1.24 bits per heavy atom. The summed E-state index contributed by atoms with van der Waals surface area (Å²) in [6.45, 7) is 0.471. The fraction of sp³-hybridized carbons (Fsp3) is 0.222. The molecule has 0 atom stereocenters. The molecule has 2 aromatic carbocycles. The molecule has 2 N–H and O–H groups in total. The summed E-state index contributed by atoms with van der Waals surface area (Å²) >= 11 is 0. The summed E-state index contributed by atoms with van der Waals surface area (Å²) in [6, 6.07) is 12.4. The number of methoxy groups -OCH3 is 1. The van der Waals surface area contributed by atoms with E-state index >= 15 is 0 Å². The molecule has 1 heterocycles. The van der Waals surface area contributed by atoms with Gasteiger partial charge in [0.25, 0.3) is 0 Å². The largest absolute Gasteiger partial charge is 0.496 e. The standard InChI is InChI=1S/C18H19N3O4/c1-21-14-11-13(7-8-16(14)25-18(21)23)20-17(22)19-10-9-12-5-3-4-6-15(12)24-2/h3-8,11H,9-10H2,1-2H3,(H2,19,20,22). The van der Waals surface area contributed by atoms with Crippen LogP contribution >= 0.6 is 0 Å². The van der Waals surface area contributed by atoms with Crippen molar-refractivity contribution in [3.8, 4) is 5.75 Å². The van der Waals surface area contributed by atoms with E-state index in [0.29, 0.717) is 29.8 Å². The molecule has 0 unspecified atom stereocenters. The van der Waals surface area contributed by atoms with E-state index in [-0.39, 0.29) is 6.03 Å². The number of carbonyl (C=O) groups excluding carboxylic acids is 1. The molecule has 25 heavy (non-hydrogen) atoms. The SMILES string of the molecule is COc1ccccc1CCNC(=O)Nc1ccc2oc(=O)n(C)c2c1. The summed E-state index contributed by atoms with van der Waals surface area (Å²) in [5, 5.41) is 5.55. The number of benzene rings is 2. The summed E-state index contributed by atoms with van der Waals surface area (Å²) in [5.74, 6) is 0.365. The zero-order valence-corrected chi connectivity index (χ0v) is 14.0. The van der Waals surface area contributed by atoms with Crippen LogP contribution < -0.4 is 21.1 Å². The highest BCUT2D eigenvalue weighted by molar-refractivity contribution is 5.91. The topological polar surface area (TPSA) is 85.5 Å². The van der Waals surface area contributed by atoms with Gasteiger partial charge in [-0.05, 0) is 36.2 Å². The first-order valence-corrected chi connectivity index (χ1v) is 7.85. The lowest BCUT2D eigenvalue weighted by Gasteiger charge is -2.10. The minimum absolute atomic E-state index is 0.317. The van der Waals surface area contributed by atoms with Crippen molar-refractivity contribution in [3.63, 3.8) is 0 Å². The van der Waals surface area contributed by atoms with E-state index in [1.54, 1.807) is 32.4 Å². The second-order valence-corrected chi connectivity index (χ2v) is 5.55. The summed E-state index contributed by atoms with van der Waals surface area (Å²) in [7, 11) is 3.24. The molecule has 0 spiro atoms. The third kappa shape index (κ3) is 3.65. The second-order valence-electron chi connectivity index (χ2n) is 5.55. The Kier molecular flexibility index (Phi) is 4.74. The molecule has 0 aliphatic carbocycles. The molecule has 1 aromatic heterocycles. The minimum Gasteiger partial charge on any atom is -0.496 e. The average Bonchev–Trinajstić information content (AvgIpc) is 2.90. The second kappa shape index (κ2) is 7.12. The zero-order chi connectivity index (χ0) is 17.8. The van der Waals surface area contributed by atoms with Crippen molar-refractivity contribution in [1.82, 2.24) is 9.88 Å². The number of nitrogens with zero attached hydrogens (tertiary/aromatic N) is 1. The van der Waals surface area contributed by atoms with E-state index in [1.807, 2.05) is 24.3 Å². The number of rotatable bonds is 5. The number of hydrogen-bond acceptors (Lipinski definition) is 4. The number of aromatic nitrogens is 1. The predicted molar refractivity (Wildman–Crippen MR) is 95.2 cm³/mol. The Bertz CT molecular complexity index is 958. The number of aryl methyl sites for hydroxylation is 1. The van der Waals surface area contributed by atoms with Crippen LogP contribution in [-0.2, 0) is 13.5 Å². The van der Waals surface area contributed by atoms with Gasteiger partial charge in [-0.3, -0.25) is 4.57 Å². The maximum absolute atomic E-state index is 12.0. The predicted octanol–water partition coefficient (Wildman–Crippen LogP) is 2.50. The Hall–Kier alpha value is -3.22. The van der Waals surface area contributed by atoms with Gasteiger partial charge < -0.3 is 19.8 Å². The van der Waals surface area contributed by atoms with Gasteiger partial charge in [0.2, 0.25) is 0 Å². The lowest BCUT2D eigenvalue weighted by molar-refractivity contribution is 0.252. The molecule has 0 aliphatic heterocycles. The van der Waals surface area contributed by atoms with E-state index in [9.17, 15) is 9.59 Å². The van der Waals surface area contributed by atoms with Crippen molar-refractivity contribution in [2.45, 2.75) is 6.42 Å². The molecule has 130 valence electrons. The highest BCUT2D eigenvalue weighted by atomic mass is 16.5. The van der Waals surface area contributed by atoms with Crippen LogP contribution in [0.25, 0.3) is 11.1 Å². The van der Waals surface area contributed by atoms with Gasteiger partial charge in [0.15, 0.2) is 5.58 Å². The maximum Gasteiger partial charge on any atom is 0.419 e. The van der Waals surface area contributed by atoms with Crippen molar-refractivity contribution < 1.29 is 13.9 Å². The van der Waals surface area contributed by atoms with Gasteiger partial charge in [-0.1, -0.05) is 18.2 Å². The van der Waals surface area contributed by atoms with Crippen LogP contribution in [0.3, 0.4) is 0 Å². The zero-order valence-electron chi connectivity index (χ0n) is 14.0. The Balaban J connectivity index is 1.59. The number of nitrogens with one attached hydrogen (secondary N) is 2. The van der Waals surface area contributed by atoms with Gasteiger partial charge in [-0.2, -0.15) is 0 Å². The van der Waals surface area contributed by atoms with Crippen LogP contribution in [0.4, 0.5) is 10.5 Å². The molecule has 7 nitrogen and oxygen atoms in total. The molecule has 0 saturated carbocycles. The number of hydrogen-bond donors (Lipinski definition) is 2. The first-order chi connectivity index (χ1) is 12.1. The molecule has 0 bridgehead atoms. The van der Waals surface area contributed by atoms with E-state index in [4.69, 9.17) is 9.15 Å². The summed E-state index contributed by atoms with van der Waals surface area (Å²) in [5.41, 5.74) is 2.71. The highest BCUT2D eigenvalue weighted by Gasteiger charge is 2.08. The van der Waals surface area contributed by atoms with E-state index in [0.717, 1.165) is 11.3 Å². The van der Waals surface area contributed by atoms with Crippen molar-refractivity contribution in [2.75, 3.05) is 19.0 Å². The molecule has 7 heteroatoms. The summed E-state index contributed by atoms with van der Waals surface area (Å²) < 4.78 is 11.7. The van der Waals surface area contributed by atoms with Crippen molar-refractivity contribution in [3.05, 3.63) is 58.6 Å². The fourth-order valence-electron chi connectivity index (χ4n) is 2.60. The summed E-state index contributed by atoms with van der Waals surface area (Å²) in [4.78, 5) is 23.5. The first-order valence-electron chi connectivity index (χ1n) is 7.85. The Labute approximate surface area is 144 Å². The lowest BCUT2D eigenvalue weighted by atomic mass is 10.1. The number of urea groups is 1. The maximum atomic E-state index is 12.0. The molecule has 0 aliphatic rings. The summed E-state index contributed by atoms with van der Waals surface area (Å²) in [6.07, 6.45) is 0.659. The normalized spacial score (nSPS) is 10.6. The third-order valence-electron chi connectivity index (χ3n) is 3.92. The quantitative estimate of drug-likeness (QED) is 0.747. The Morgan fingerprint density at radius 3 is 2.84 bits per heavy atom. The van der Waals surface area contributed by atoms with Crippen LogP contribution in [0.15, 0.2) is 51.7 Å². The molecule has 2 amide bonds. The van der Waals surface area contributed by atoms with Crippen LogP contribution in [0, 0.1) is 0 Å². The molecule has 0 radical (unpaired) electrons. The van der Waals surface area contributed by atoms with Gasteiger partial charge in [0.1, 0.15) is 5.75 Å². The van der Waals surface area contributed by atoms with E-state index in [1.165, 1.54) is 4.57 Å². The van der Waals surface area contributed by atoms with Crippen LogP contribution in [0.2, 0.25) is 0 Å². The van der Waals surface area contributed by atoms with Gasteiger partial charge in [0.05, 0.1) is 12.6 Å². The fourth-order valence-corrected chi connectivity index (χ4v) is 2.60. The molecular weight excluding hydrogens is 322 g/mol. The van der Waals surface area contributed by atoms with Gasteiger partial charge in [0, 0.05) is 19.3 Å². The number of oxazole rings is 1. The third-order valence-corrected chi connectivity index (χ3v) is 3.92. The smallest absolute Gasteiger partial charge is 0.419 e. The number of para-hydroxylation sites is 1. The number of carbonyl (C=O) groups is 1. The number of anilines is 1. The Morgan fingerprint density at radius 2 is 2.04 bits per heavy atom. The van der Waals surface area contributed by atoms with E-state index < -0.39 is 5.76 Å².